The molecule has 0 radical (unpaired) electrons. The molecular weight excluding hydrogens is 146 g/mol. The lowest BCUT2D eigenvalue weighted by Gasteiger charge is -2.58. The molecule has 3 aliphatic rings. The second-order valence-electron chi connectivity index (χ2n) is 5.20. The van der Waals surface area contributed by atoms with E-state index < -0.39 is 0 Å². The number of hydrogen-bond donors (Lipinski definition) is 0. The van der Waals surface area contributed by atoms with Crippen molar-refractivity contribution in [3.63, 3.8) is 0 Å². The zero-order valence-electron chi connectivity index (χ0n) is 7.89. The van der Waals surface area contributed by atoms with Crippen molar-refractivity contribution in [1.82, 2.24) is 4.90 Å². The maximum Gasteiger partial charge on any atom is 0.00957 e. The van der Waals surface area contributed by atoms with Crippen LogP contribution >= 0.6 is 0 Å². The van der Waals surface area contributed by atoms with Crippen LogP contribution in [-0.2, 0) is 0 Å². The van der Waals surface area contributed by atoms with Crippen LogP contribution in [0, 0.1) is 5.41 Å². The third-order valence-corrected chi connectivity index (χ3v) is 4.33. The maximum absolute atomic E-state index is 2.76. The Balaban J connectivity index is 1.54. The molecule has 1 aliphatic heterocycles. The van der Waals surface area contributed by atoms with Gasteiger partial charge in [0.1, 0.15) is 0 Å². The lowest BCUT2D eigenvalue weighted by atomic mass is 9.63. The molecule has 1 nitrogen and oxygen atoms in total. The summed E-state index contributed by atoms with van der Waals surface area (Å²) in [5, 5.41) is 0. The molecule has 1 heteroatoms. The van der Waals surface area contributed by atoms with E-state index in [9.17, 15) is 0 Å². The average molecular weight is 165 g/mol. The van der Waals surface area contributed by atoms with Crippen LogP contribution in [0.5, 0.6) is 0 Å². The van der Waals surface area contributed by atoms with Gasteiger partial charge < -0.3 is 0 Å². The lowest BCUT2D eigenvalue weighted by Crippen LogP contribution is -2.62. The van der Waals surface area contributed by atoms with Crippen LogP contribution in [0.1, 0.15) is 44.9 Å². The normalized spacial score (nSPS) is 35.0. The minimum absolute atomic E-state index is 0.850. The van der Waals surface area contributed by atoms with E-state index in [0.717, 1.165) is 11.5 Å². The number of rotatable bonds is 1. The molecule has 68 valence electrons. The Morgan fingerprint density at radius 2 is 1.58 bits per heavy atom. The molecular formula is C11H19N. The molecule has 12 heavy (non-hydrogen) atoms. The lowest BCUT2D eigenvalue weighted by molar-refractivity contribution is -0.0815. The number of nitrogens with zero attached hydrogens (tertiary/aromatic N) is 1. The Labute approximate surface area is 75.1 Å². The van der Waals surface area contributed by atoms with E-state index in [4.69, 9.17) is 0 Å². The molecule has 0 aromatic rings. The first-order valence-electron chi connectivity index (χ1n) is 5.62. The minimum atomic E-state index is 0.850. The summed E-state index contributed by atoms with van der Waals surface area (Å²) in [6.45, 7) is 2.91. The predicted octanol–water partition coefficient (Wildman–Crippen LogP) is 2.41. The first-order chi connectivity index (χ1) is 5.88. The molecule has 0 unspecified atom stereocenters. The molecule has 2 aliphatic carbocycles. The van der Waals surface area contributed by atoms with E-state index >= 15 is 0 Å². The molecule has 0 bridgehead atoms. The van der Waals surface area contributed by atoms with E-state index in [1.807, 2.05) is 0 Å². The molecule has 0 aromatic carbocycles. The van der Waals surface area contributed by atoms with Crippen molar-refractivity contribution >= 4 is 0 Å². The third kappa shape index (κ3) is 0.953. The SMILES string of the molecule is C1CCC(N2CC3(CCC3)C2)C1. The Bertz CT molecular complexity index is 169. The van der Waals surface area contributed by atoms with Gasteiger partial charge >= 0.3 is 0 Å². The molecule has 2 saturated carbocycles. The second kappa shape index (κ2) is 2.47. The smallest absolute Gasteiger partial charge is 0.00957 e. The molecule has 0 amide bonds. The van der Waals surface area contributed by atoms with Gasteiger partial charge in [0.15, 0.2) is 0 Å². The minimum Gasteiger partial charge on any atom is -0.299 e. The van der Waals surface area contributed by atoms with Crippen molar-refractivity contribution in [2.24, 2.45) is 5.41 Å². The van der Waals surface area contributed by atoms with Gasteiger partial charge in [-0.3, -0.25) is 4.90 Å². The summed E-state index contributed by atoms with van der Waals surface area (Å²) in [7, 11) is 0. The highest BCUT2D eigenvalue weighted by Crippen LogP contribution is 2.49. The highest BCUT2D eigenvalue weighted by Gasteiger charge is 2.49. The largest absolute Gasteiger partial charge is 0.299 e. The van der Waals surface area contributed by atoms with Crippen LogP contribution in [0.4, 0.5) is 0 Å². The Morgan fingerprint density at radius 1 is 0.917 bits per heavy atom. The van der Waals surface area contributed by atoms with Crippen molar-refractivity contribution < 1.29 is 0 Å². The maximum atomic E-state index is 2.76. The molecule has 0 aromatic heterocycles. The van der Waals surface area contributed by atoms with Gasteiger partial charge in [-0.05, 0) is 31.1 Å². The summed E-state index contributed by atoms with van der Waals surface area (Å²) in [5.41, 5.74) is 0.850. The highest BCUT2D eigenvalue weighted by atomic mass is 15.2. The van der Waals surface area contributed by atoms with Gasteiger partial charge in [-0.25, -0.2) is 0 Å². The van der Waals surface area contributed by atoms with Crippen LogP contribution < -0.4 is 0 Å². The van der Waals surface area contributed by atoms with Crippen LogP contribution in [-0.4, -0.2) is 24.0 Å². The Hall–Kier alpha value is -0.0400. The molecule has 1 saturated heterocycles. The zero-order chi connectivity index (χ0) is 8.02. The quantitative estimate of drug-likeness (QED) is 0.577. The number of likely N-dealkylation sites (tertiary alicyclic amines) is 1. The summed E-state index contributed by atoms with van der Waals surface area (Å²) in [5.74, 6) is 0. The van der Waals surface area contributed by atoms with Gasteiger partial charge in [0.2, 0.25) is 0 Å². The average Bonchev–Trinajstić information content (AvgIpc) is 2.32. The number of hydrogen-bond acceptors (Lipinski definition) is 1. The van der Waals surface area contributed by atoms with Crippen molar-refractivity contribution in [1.29, 1.82) is 0 Å². The first kappa shape index (κ1) is 7.37. The van der Waals surface area contributed by atoms with Crippen LogP contribution in [0.25, 0.3) is 0 Å². The van der Waals surface area contributed by atoms with E-state index in [2.05, 4.69) is 4.90 Å². The summed E-state index contributed by atoms with van der Waals surface area (Å²) >= 11 is 0. The van der Waals surface area contributed by atoms with E-state index in [1.165, 1.54) is 58.0 Å². The Morgan fingerprint density at radius 3 is 2.08 bits per heavy atom. The van der Waals surface area contributed by atoms with Gasteiger partial charge in [-0.1, -0.05) is 19.3 Å². The van der Waals surface area contributed by atoms with Crippen LogP contribution in [0.15, 0.2) is 0 Å². The molecule has 1 heterocycles. The predicted molar refractivity (Wildman–Crippen MR) is 50.1 cm³/mol. The van der Waals surface area contributed by atoms with Crippen molar-refractivity contribution in [3.8, 4) is 0 Å². The highest BCUT2D eigenvalue weighted by molar-refractivity contribution is 5.02. The fourth-order valence-electron chi connectivity index (χ4n) is 3.34. The zero-order valence-corrected chi connectivity index (χ0v) is 7.89. The van der Waals surface area contributed by atoms with Gasteiger partial charge in [0.25, 0.3) is 0 Å². The topological polar surface area (TPSA) is 3.24 Å². The summed E-state index contributed by atoms with van der Waals surface area (Å²) in [4.78, 5) is 2.76. The van der Waals surface area contributed by atoms with E-state index in [0.29, 0.717) is 0 Å². The molecule has 0 N–H and O–H groups in total. The fourth-order valence-corrected chi connectivity index (χ4v) is 3.34. The molecule has 0 atom stereocenters. The van der Waals surface area contributed by atoms with Crippen LogP contribution in [0.2, 0.25) is 0 Å². The second-order valence-corrected chi connectivity index (χ2v) is 5.20. The molecule has 3 rings (SSSR count). The van der Waals surface area contributed by atoms with E-state index in [1.54, 1.807) is 0 Å². The Kier molecular flexibility index (Phi) is 1.52. The van der Waals surface area contributed by atoms with Crippen LogP contribution in [0.3, 0.4) is 0 Å². The fraction of sp³-hybridized carbons (Fsp3) is 1.00. The summed E-state index contributed by atoms with van der Waals surface area (Å²) < 4.78 is 0. The first-order valence-corrected chi connectivity index (χ1v) is 5.62. The molecule has 1 spiro atoms. The summed E-state index contributed by atoms with van der Waals surface area (Å²) in [6, 6.07) is 0.997. The van der Waals surface area contributed by atoms with Crippen molar-refractivity contribution in [3.05, 3.63) is 0 Å². The van der Waals surface area contributed by atoms with Gasteiger partial charge in [0, 0.05) is 19.1 Å². The van der Waals surface area contributed by atoms with Gasteiger partial charge in [0.05, 0.1) is 0 Å². The third-order valence-electron chi connectivity index (χ3n) is 4.33. The van der Waals surface area contributed by atoms with Crippen molar-refractivity contribution in [2.75, 3.05) is 13.1 Å². The van der Waals surface area contributed by atoms with Gasteiger partial charge in [-0.15, -0.1) is 0 Å². The molecule has 3 fully saturated rings. The monoisotopic (exact) mass is 165 g/mol. The van der Waals surface area contributed by atoms with Gasteiger partial charge in [-0.2, -0.15) is 0 Å². The van der Waals surface area contributed by atoms with E-state index in [-0.39, 0.29) is 0 Å². The standard InChI is InChI=1S/C11H19N/c1-2-5-10(4-1)12-8-11(9-12)6-3-7-11/h10H,1-9H2. The van der Waals surface area contributed by atoms with Crippen molar-refractivity contribution in [2.45, 2.75) is 51.0 Å². The summed E-state index contributed by atoms with van der Waals surface area (Å²) in [6.07, 6.45) is 10.6.